The number of guanidine groups is 1. The van der Waals surface area contributed by atoms with Gasteiger partial charge < -0.3 is 20.1 Å². The number of methoxy groups -OCH3 is 1. The van der Waals surface area contributed by atoms with Gasteiger partial charge in [0.05, 0.1) is 13.2 Å². The van der Waals surface area contributed by atoms with Crippen LogP contribution in [0.3, 0.4) is 0 Å². The van der Waals surface area contributed by atoms with Gasteiger partial charge in [-0.3, -0.25) is 4.99 Å². The van der Waals surface area contributed by atoms with Gasteiger partial charge in [-0.15, -0.1) is 0 Å². The van der Waals surface area contributed by atoms with Crippen molar-refractivity contribution in [2.24, 2.45) is 16.3 Å². The largest absolute Gasteiger partial charge is 0.496 e. The number of aliphatic imine (C=N–C) groups is 1. The van der Waals surface area contributed by atoms with Crippen molar-refractivity contribution in [3.63, 3.8) is 0 Å². The van der Waals surface area contributed by atoms with Gasteiger partial charge >= 0.3 is 0 Å². The van der Waals surface area contributed by atoms with E-state index in [2.05, 4.69) is 50.5 Å². The molecule has 5 nitrogen and oxygen atoms in total. The van der Waals surface area contributed by atoms with Crippen molar-refractivity contribution in [3.8, 4) is 5.75 Å². The fourth-order valence-corrected chi connectivity index (χ4v) is 5.21. The summed E-state index contributed by atoms with van der Waals surface area (Å²) in [5.41, 5.74) is 1.50. The summed E-state index contributed by atoms with van der Waals surface area (Å²) < 4.78 is 11.5. The monoisotopic (exact) mass is 371 g/mol. The number of rotatable bonds is 5. The van der Waals surface area contributed by atoms with Crippen molar-refractivity contribution >= 4 is 5.96 Å². The zero-order chi connectivity index (χ0) is 19.2. The average molecular weight is 372 g/mol. The summed E-state index contributed by atoms with van der Waals surface area (Å²) in [6.45, 7) is 10.7. The van der Waals surface area contributed by atoms with Crippen LogP contribution in [0.4, 0.5) is 0 Å². The molecule has 5 atom stereocenters. The van der Waals surface area contributed by atoms with E-state index in [4.69, 9.17) is 14.5 Å². The molecule has 0 aromatic heterocycles. The fraction of sp³-hybridized carbons (Fsp3) is 0.682. The molecule has 1 aromatic rings. The van der Waals surface area contributed by atoms with Gasteiger partial charge in [0.2, 0.25) is 0 Å². The van der Waals surface area contributed by atoms with Gasteiger partial charge in [0.1, 0.15) is 5.75 Å². The number of hydrogen-bond donors (Lipinski definition) is 2. The lowest BCUT2D eigenvalue weighted by atomic mass is 9.57. The number of para-hydroxylation sites is 1. The van der Waals surface area contributed by atoms with E-state index in [0.717, 1.165) is 37.7 Å². The molecule has 148 valence electrons. The normalized spacial score (nSPS) is 36.6. The third kappa shape index (κ3) is 3.00. The number of ether oxygens (including phenoxy) is 2. The minimum Gasteiger partial charge on any atom is -0.496 e. The minimum absolute atomic E-state index is 0.0803. The molecule has 1 saturated heterocycles. The Morgan fingerprint density at radius 3 is 2.78 bits per heavy atom. The third-order valence-corrected chi connectivity index (χ3v) is 6.98. The molecule has 1 aliphatic heterocycles. The van der Waals surface area contributed by atoms with Crippen molar-refractivity contribution in [1.29, 1.82) is 0 Å². The number of benzene rings is 1. The van der Waals surface area contributed by atoms with Crippen molar-refractivity contribution < 1.29 is 9.47 Å². The van der Waals surface area contributed by atoms with E-state index in [-0.39, 0.29) is 10.8 Å². The summed E-state index contributed by atoms with van der Waals surface area (Å²) in [7, 11) is 1.75. The van der Waals surface area contributed by atoms with Gasteiger partial charge in [-0.05, 0) is 25.8 Å². The zero-order valence-corrected chi connectivity index (χ0v) is 17.2. The number of hydrogen-bond acceptors (Lipinski definition) is 3. The van der Waals surface area contributed by atoms with Gasteiger partial charge in [-0.25, -0.2) is 0 Å². The molecule has 0 radical (unpaired) electrons. The van der Waals surface area contributed by atoms with Crippen LogP contribution in [0.25, 0.3) is 0 Å². The summed E-state index contributed by atoms with van der Waals surface area (Å²) in [6.07, 6.45) is 2.62. The molecule has 0 amide bonds. The highest BCUT2D eigenvalue weighted by atomic mass is 16.5. The molecule has 1 aromatic carbocycles. The Labute approximate surface area is 162 Å². The molecule has 27 heavy (non-hydrogen) atoms. The molecular weight excluding hydrogens is 338 g/mol. The van der Waals surface area contributed by atoms with E-state index in [1.807, 2.05) is 12.1 Å². The van der Waals surface area contributed by atoms with Crippen LogP contribution in [0.5, 0.6) is 5.75 Å². The van der Waals surface area contributed by atoms with E-state index in [0.29, 0.717) is 24.1 Å². The van der Waals surface area contributed by atoms with Crippen molar-refractivity contribution in [2.75, 3.05) is 20.3 Å². The van der Waals surface area contributed by atoms with Gasteiger partial charge in [0.15, 0.2) is 5.96 Å². The van der Waals surface area contributed by atoms with E-state index in [1.54, 1.807) is 7.11 Å². The second kappa shape index (κ2) is 6.69. The molecule has 5 unspecified atom stereocenters. The van der Waals surface area contributed by atoms with Gasteiger partial charge in [0.25, 0.3) is 0 Å². The van der Waals surface area contributed by atoms with Crippen molar-refractivity contribution in [1.82, 2.24) is 10.6 Å². The number of fused-ring (bicyclic) bond motifs is 1. The minimum atomic E-state index is 0.0803. The molecule has 1 heterocycles. The number of nitrogens with one attached hydrogen (secondary N) is 2. The molecule has 0 spiro atoms. The summed E-state index contributed by atoms with van der Waals surface area (Å²) in [4.78, 5) is 4.73. The first-order valence-electron chi connectivity index (χ1n) is 10.2. The van der Waals surface area contributed by atoms with Crippen LogP contribution in [0.2, 0.25) is 0 Å². The highest BCUT2D eigenvalue weighted by Crippen LogP contribution is 2.53. The van der Waals surface area contributed by atoms with Gasteiger partial charge in [0, 0.05) is 47.5 Å². The highest BCUT2D eigenvalue weighted by Gasteiger charge is 2.60. The molecule has 2 N–H and O–H groups in total. The lowest BCUT2D eigenvalue weighted by Crippen LogP contribution is -2.68. The average Bonchev–Trinajstić information content (AvgIpc) is 3.10. The maximum Gasteiger partial charge on any atom is 0.191 e. The predicted octanol–water partition coefficient (Wildman–Crippen LogP) is 3.09. The Bertz CT molecular complexity index is 732. The SMILES string of the molecule is CCN=C(NC1CC1(C)c1ccccc1OC)NC1C2CCOC2C1(C)C. The Morgan fingerprint density at radius 2 is 2.04 bits per heavy atom. The first-order valence-corrected chi connectivity index (χ1v) is 10.2. The Morgan fingerprint density at radius 1 is 1.26 bits per heavy atom. The molecule has 2 aliphatic carbocycles. The van der Waals surface area contributed by atoms with E-state index in [1.165, 1.54) is 5.56 Å². The maximum absolute atomic E-state index is 5.93. The van der Waals surface area contributed by atoms with E-state index < -0.39 is 0 Å². The smallest absolute Gasteiger partial charge is 0.191 e. The lowest BCUT2D eigenvalue weighted by Gasteiger charge is -2.55. The Kier molecular flexibility index (Phi) is 4.61. The number of nitrogens with zero attached hydrogens (tertiary/aromatic N) is 1. The Hall–Kier alpha value is -1.75. The predicted molar refractivity (Wildman–Crippen MR) is 108 cm³/mol. The molecule has 2 saturated carbocycles. The second-order valence-electron chi connectivity index (χ2n) is 9.03. The maximum atomic E-state index is 5.93. The Balaban J connectivity index is 1.45. The van der Waals surface area contributed by atoms with Crippen LogP contribution >= 0.6 is 0 Å². The van der Waals surface area contributed by atoms with E-state index >= 15 is 0 Å². The summed E-state index contributed by atoms with van der Waals surface area (Å²) in [6, 6.07) is 9.13. The van der Waals surface area contributed by atoms with Crippen molar-refractivity contribution in [3.05, 3.63) is 29.8 Å². The molecule has 3 aliphatic rings. The first-order chi connectivity index (χ1) is 12.9. The molecule has 4 rings (SSSR count). The molecule has 0 bridgehead atoms. The van der Waals surface area contributed by atoms with Crippen LogP contribution in [-0.2, 0) is 10.2 Å². The zero-order valence-electron chi connectivity index (χ0n) is 17.2. The van der Waals surface area contributed by atoms with Crippen LogP contribution < -0.4 is 15.4 Å². The topological polar surface area (TPSA) is 54.9 Å². The van der Waals surface area contributed by atoms with Gasteiger partial charge in [-0.2, -0.15) is 0 Å². The highest BCUT2D eigenvalue weighted by molar-refractivity contribution is 5.81. The van der Waals surface area contributed by atoms with Crippen LogP contribution in [0.1, 0.15) is 46.1 Å². The quantitative estimate of drug-likeness (QED) is 0.617. The standard InChI is InChI=1S/C22H33N3O2/c1-6-23-20(25-18-14-11-12-27-19(14)21(18,2)3)24-17-13-22(17,4)15-9-7-8-10-16(15)26-5/h7-10,14,17-19H,6,11-13H2,1-5H3,(H2,23,24,25). The fourth-order valence-electron chi connectivity index (χ4n) is 5.21. The second-order valence-corrected chi connectivity index (χ2v) is 9.03. The molecule has 3 fully saturated rings. The third-order valence-electron chi connectivity index (χ3n) is 6.98. The lowest BCUT2D eigenvalue weighted by molar-refractivity contribution is -0.106. The van der Waals surface area contributed by atoms with Crippen LogP contribution in [0.15, 0.2) is 29.3 Å². The van der Waals surface area contributed by atoms with Crippen LogP contribution in [0, 0.1) is 11.3 Å². The summed E-state index contributed by atoms with van der Waals surface area (Å²) in [5.74, 6) is 2.51. The molecular formula is C22H33N3O2. The van der Waals surface area contributed by atoms with Crippen molar-refractivity contribution in [2.45, 2.75) is 64.1 Å². The summed E-state index contributed by atoms with van der Waals surface area (Å²) in [5, 5.41) is 7.42. The summed E-state index contributed by atoms with van der Waals surface area (Å²) >= 11 is 0. The van der Waals surface area contributed by atoms with Gasteiger partial charge in [-0.1, -0.05) is 39.0 Å². The van der Waals surface area contributed by atoms with Crippen LogP contribution in [-0.4, -0.2) is 44.4 Å². The molecule has 5 heteroatoms. The first kappa shape index (κ1) is 18.6. The van der Waals surface area contributed by atoms with E-state index in [9.17, 15) is 0 Å².